The highest BCUT2D eigenvalue weighted by Gasteiger charge is 2.44. The van der Waals surface area contributed by atoms with Gasteiger partial charge in [0.1, 0.15) is 11.4 Å². The molecule has 0 bridgehead atoms. The summed E-state index contributed by atoms with van der Waals surface area (Å²) in [5, 5.41) is 8.97. The normalized spacial score (nSPS) is 20.7. The number of amides is 1. The lowest BCUT2D eigenvalue weighted by molar-refractivity contribution is -0.192. The predicted molar refractivity (Wildman–Crippen MR) is 107 cm³/mol. The number of carboxylic acid groups (broad SMARTS) is 1. The smallest absolute Gasteiger partial charge is 0.490 e. The van der Waals surface area contributed by atoms with E-state index in [1.807, 2.05) is 22.4 Å². The number of methoxy groups -OCH3 is 1. The first-order valence-electron chi connectivity index (χ1n) is 9.57. The average molecular weight is 457 g/mol. The molecular weight excluding hydrogens is 435 g/mol. The summed E-state index contributed by atoms with van der Waals surface area (Å²) in [5.41, 5.74) is 3.61. The molecular formula is C20H22F3N3O4S. The van der Waals surface area contributed by atoms with Gasteiger partial charge >= 0.3 is 12.1 Å². The van der Waals surface area contributed by atoms with Gasteiger partial charge < -0.3 is 14.7 Å². The molecule has 2 aliphatic heterocycles. The Hall–Kier alpha value is -2.66. The number of hydrogen-bond acceptors (Lipinski definition) is 6. The molecule has 31 heavy (non-hydrogen) atoms. The van der Waals surface area contributed by atoms with Crippen LogP contribution in [0.2, 0.25) is 0 Å². The van der Waals surface area contributed by atoms with Crippen molar-refractivity contribution in [2.24, 2.45) is 0 Å². The van der Waals surface area contributed by atoms with Gasteiger partial charge in [-0.05, 0) is 30.5 Å². The number of alkyl halides is 3. The van der Waals surface area contributed by atoms with E-state index < -0.39 is 12.1 Å². The van der Waals surface area contributed by atoms with Gasteiger partial charge in [-0.1, -0.05) is 12.1 Å². The Bertz CT molecular complexity index is 890. The number of fused-ring (bicyclic) bond motifs is 1. The van der Waals surface area contributed by atoms with Crippen LogP contribution in [0.15, 0.2) is 35.2 Å². The first kappa shape index (κ1) is 23.0. The van der Waals surface area contributed by atoms with Crippen molar-refractivity contribution in [2.45, 2.75) is 37.6 Å². The summed E-state index contributed by atoms with van der Waals surface area (Å²) in [7, 11) is 1.69. The summed E-state index contributed by atoms with van der Waals surface area (Å²) in [6, 6.07) is 9.07. The number of ether oxygens (including phenoxy) is 1. The zero-order valence-corrected chi connectivity index (χ0v) is 17.5. The fraction of sp³-hybridized carbons (Fsp3) is 0.450. The second-order valence-corrected chi connectivity index (χ2v) is 7.92. The van der Waals surface area contributed by atoms with Gasteiger partial charge in [0, 0.05) is 37.1 Å². The first-order chi connectivity index (χ1) is 14.7. The highest BCUT2D eigenvalue weighted by Crippen LogP contribution is 2.33. The van der Waals surface area contributed by atoms with Gasteiger partial charge in [-0.25, -0.2) is 9.78 Å². The highest BCUT2D eigenvalue weighted by atomic mass is 32.1. The molecule has 0 aliphatic carbocycles. The molecule has 0 saturated carbocycles. The van der Waals surface area contributed by atoms with Crippen LogP contribution in [0.3, 0.4) is 0 Å². The summed E-state index contributed by atoms with van der Waals surface area (Å²) in [4.78, 5) is 30.2. The number of carbonyl (C=O) groups is 2. The van der Waals surface area contributed by atoms with Crippen LogP contribution < -0.4 is 4.74 Å². The zero-order chi connectivity index (χ0) is 22.6. The molecule has 1 amide bonds. The van der Waals surface area contributed by atoms with Crippen LogP contribution in [0, 0.1) is 0 Å². The number of nitrogens with zero attached hydrogens (tertiary/aromatic N) is 3. The number of halogens is 3. The van der Waals surface area contributed by atoms with Gasteiger partial charge in [0.25, 0.3) is 5.91 Å². The molecule has 2 aromatic rings. The van der Waals surface area contributed by atoms with Crippen LogP contribution in [0.4, 0.5) is 13.2 Å². The molecule has 0 unspecified atom stereocenters. The molecule has 2 fully saturated rings. The summed E-state index contributed by atoms with van der Waals surface area (Å²) >= 11 is 1.48. The number of aromatic nitrogens is 1. The lowest BCUT2D eigenvalue weighted by Gasteiger charge is -2.25. The highest BCUT2D eigenvalue weighted by molar-refractivity contribution is 7.07. The van der Waals surface area contributed by atoms with Crippen molar-refractivity contribution in [3.8, 4) is 5.75 Å². The van der Waals surface area contributed by atoms with Gasteiger partial charge in [0.2, 0.25) is 0 Å². The third kappa shape index (κ3) is 5.53. The third-order valence-corrected chi connectivity index (χ3v) is 5.98. The average Bonchev–Trinajstić information content (AvgIpc) is 3.47. The molecule has 7 nitrogen and oxygen atoms in total. The number of rotatable bonds is 4. The Morgan fingerprint density at radius 2 is 1.84 bits per heavy atom. The molecule has 1 aromatic heterocycles. The van der Waals surface area contributed by atoms with E-state index in [4.69, 9.17) is 14.6 Å². The lowest BCUT2D eigenvalue weighted by Crippen LogP contribution is -2.39. The summed E-state index contributed by atoms with van der Waals surface area (Å²) in [6.07, 6.45) is -2.98. The van der Waals surface area contributed by atoms with Crippen LogP contribution in [0.5, 0.6) is 5.75 Å². The van der Waals surface area contributed by atoms with Crippen molar-refractivity contribution in [1.29, 1.82) is 0 Å². The Morgan fingerprint density at radius 1 is 1.19 bits per heavy atom. The fourth-order valence-corrected chi connectivity index (χ4v) is 4.48. The second-order valence-electron chi connectivity index (χ2n) is 7.21. The van der Waals surface area contributed by atoms with Crippen molar-refractivity contribution in [2.75, 3.05) is 20.2 Å². The minimum absolute atomic E-state index is 0.0926. The van der Waals surface area contributed by atoms with Crippen LogP contribution in [0.25, 0.3) is 0 Å². The van der Waals surface area contributed by atoms with Crippen LogP contribution >= 0.6 is 11.3 Å². The number of aliphatic carboxylic acids is 1. The van der Waals surface area contributed by atoms with Gasteiger partial charge in [-0.2, -0.15) is 13.2 Å². The van der Waals surface area contributed by atoms with Crippen molar-refractivity contribution in [1.82, 2.24) is 14.8 Å². The molecule has 4 rings (SSSR count). The second kappa shape index (κ2) is 9.65. The predicted octanol–water partition coefficient (Wildman–Crippen LogP) is 3.27. The van der Waals surface area contributed by atoms with Gasteiger partial charge in [0.05, 0.1) is 12.6 Å². The summed E-state index contributed by atoms with van der Waals surface area (Å²) in [5.74, 6) is -1.78. The Labute approximate surface area is 181 Å². The quantitative estimate of drug-likeness (QED) is 0.759. The molecule has 0 radical (unpaired) electrons. The van der Waals surface area contributed by atoms with E-state index in [-0.39, 0.29) is 5.91 Å². The van der Waals surface area contributed by atoms with E-state index in [9.17, 15) is 18.0 Å². The molecule has 1 aromatic carbocycles. The minimum atomic E-state index is -5.08. The molecule has 2 aliphatic rings. The standard InChI is InChI=1S/C18H21N3O2S.C2HF3O2/c1-23-14-4-2-13(3-5-14)10-20-8-6-17-16(20)7-9-21(17)18(22)15-11-24-12-19-15;3-2(4,5)1(6)7/h2-5,11-12,16-17H,6-10H2,1H3;(H,6,7)/t16-,17+;/m1./s1. The summed E-state index contributed by atoms with van der Waals surface area (Å²) in [6.45, 7) is 2.82. The SMILES string of the molecule is COc1ccc(CN2CC[C@H]3[C@H]2CCN3C(=O)c2cscn2)cc1.O=C(O)C(F)(F)F. The monoisotopic (exact) mass is 457 g/mol. The largest absolute Gasteiger partial charge is 0.497 e. The van der Waals surface area contributed by atoms with E-state index in [1.54, 1.807) is 12.6 Å². The maximum Gasteiger partial charge on any atom is 0.490 e. The maximum absolute atomic E-state index is 12.6. The van der Waals surface area contributed by atoms with E-state index in [0.717, 1.165) is 38.2 Å². The van der Waals surface area contributed by atoms with E-state index >= 15 is 0 Å². The van der Waals surface area contributed by atoms with E-state index in [1.165, 1.54) is 16.9 Å². The molecule has 2 atom stereocenters. The van der Waals surface area contributed by atoms with Crippen LogP contribution in [-0.4, -0.2) is 70.2 Å². The van der Waals surface area contributed by atoms with Crippen molar-refractivity contribution < 1.29 is 32.6 Å². The molecule has 1 N–H and O–H groups in total. The van der Waals surface area contributed by atoms with Gasteiger partial charge in [0.15, 0.2) is 0 Å². The number of likely N-dealkylation sites (tertiary alicyclic amines) is 2. The van der Waals surface area contributed by atoms with Gasteiger partial charge in [-0.15, -0.1) is 11.3 Å². The van der Waals surface area contributed by atoms with Crippen molar-refractivity contribution >= 4 is 23.2 Å². The maximum atomic E-state index is 12.6. The summed E-state index contributed by atoms with van der Waals surface area (Å²) < 4.78 is 37.0. The van der Waals surface area contributed by atoms with Crippen LogP contribution in [0.1, 0.15) is 28.9 Å². The van der Waals surface area contributed by atoms with E-state index in [2.05, 4.69) is 22.0 Å². The molecule has 3 heterocycles. The number of hydrogen-bond donors (Lipinski definition) is 1. The fourth-order valence-electron chi connectivity index (χ4n) is 3.95. The molecule has 2 saturated heterocycles. The Morgan fingerprint density at radius 3 is 2.39 bits per heavy atom. The molecule has 0 spiro atoms. The third-order valence-electron chi connectivity index (χ3n) is 5.39. The lowest BCUT2D eigenvalue weighted by atomic mass is 10.1. The minimum Gasteiger partial charge on any atom is -0.497 e. The Balaban J connectivity index is 0.000000339. The van der Waals surface area contributed by atoms with Crippen molar-refractivity contribution in [3.05, 3.63) is 46.4 Å². The molecule has 168 valence electrons. The number of carbonyl (C=O) groups excluding carboxylic acids is 1. The number of thiazole rings is 1. The molecule has 11 heteroatoms. The topological polar surface area (TPSA) is 83.0 Å². The van der Waals surface area contributed by atoms with E-state index in [0.29, 0.717) is 17.8 Å². The van der Waals surface area contributed by atoms with Crippen molar-refractivity contribution in [3.63, 3.8) is 0 Å². The zero-order valence-electron chi connectivity index (χ0n) is 16.7. The van der Waals surface area contributed by atoms with Crippen LogP contribution in [-0.2, 0) is 11.3 Å². The Kier molecular flexibility index (Phi) is 7.16. The first-order valence-corrected chi connectivity index (χ1v) is 10.5. The number of carboxylic acids is 1. The van der Waals surface area contributed by atoms with Gasteiger partial charge in [-0.3, -0.25) is 9.69 Å². The number of benzene rings is 1.